The number of rotatable bonds is 7. The van der Waals surface area contributed by atoms with Crippen LogP contribution in [0.2, 0.25) is 0 Å². The molecule has 2 aliphatic rings. The van der Waals surface area contributed by atoms with Crippen LogP contribution in [0.5, 0.6) is 5.75 Å². The lowest BCUT2D eigenvalue weighted by Gasteiger charge is -2.47. The third-order valence-electron chi connectivity index (χ3n) is 8.39. The van der Waals surface area contributed by atoms with E-state index in [-0.39, 0.29) is 32.3 Å². The molecule has 2 heterocycles. The molecular formula is C32H29N3O7S2. The van der Waals surface area contributed by atoms with E-state index in [1.54, 1.807) is 56.3 Å². The monoisotopic (exact) mass is 631 g/mol. The number of hydrogen-bond donors (Lipinski definition) is 0. The Balaban J connectivity index is 1.78. The van der Waals surface area contributed by atoms with E-state index in [0.717, 1.165) is 19.7 Å². The smallest absolute Gasteiger partial charge is 0.299 e. The number of hydrogen-bond acceptors (Lipinski definition) is 7. The van der Waals surface area contributed by atoms with Crippen LogP contribution in [0.15, 0.2) is 113 Å². The van der Waals surface area contributed by atoms with E-state index in [1.807, 2.05) is 0 Å². The molecule has 0 saturated heterocycles. The van der Waals surface area contributed by atoms with Crippen molar-refractivity contribution in [2.75, 3.05) is 15.7 Å². The fourth-order valence-electron chi connectivity index (χ4n) is 6.32. The SMILES string of the molecule is C=C[C@H]1c2cc(OC)ccc2N(S(=O)(=O)c2ccc(C)cc2)[C@H]2N(S(=O)(=O)c3ccc(C)cc3)c3ccccc3[C@]21[N+](=O)[O-]. The summed E-state index contributed by atoms with van der Waals surface area (Å²) >= 11 is 0. The van der Waals surface area contributed by atoms with Crippen LogP contribution in [0.25, 0.3) is 0 Å². The van der Waals surface area contributed by atoms with E-state index in [4.69, 9.17) is 4.74 Å². The summed E-state index contributed by atoms with van der Waals surface area (Å²) in [5.74, 6) is -0.813. The highest BCUT2D eigenvalue weighted by Crippen LogP contribution is 2.61. The quantitative estimate of drug-likeness (QED) is 0.150. The van der Waals surface area contributed by atoms with Gasteiger partial charge in [0.1, 0.15) is 5.75 Å². The van der Waals surface area contributed by atoms with Gasteiger partial charge in [0, 0.05) is 4.92 Å². The average Bonchev–Trinajstić information content (AvgIpc) is 3.32. The minimum atomic E-state index is -4.62. The van der Waals surface area contributed by atoms with Crippen LogP contribution in [0.1, 0.15) is 28.2 Å². The van der Waals surface area contributed by atoms with Gasteiger partial charge >= 0.3 is 0 Å². The average molecular weight is 632 g/mol. The Kier molecular flexibility index (Phi) is 6.82. The minimum absolute atomic E-state index is 0.00509. The van der Waals surface area contributed by atoms with E-state index >= 15 is 0 Å². The van der Waals surface area contributed by atoms with Crippen molar-refractivity contribution in [2.45, 2.75) is 41.3 Å². The van der Waals surface area contributed by atoms with Crippen molar-refractivity contribution in [2.24, 2.45) is 0 Å². The molecule has 2 aliphatic heterocycles. The molecule has 4 aromatic carbocycles. The third-order valence-corrected chi connectivity index (χ3v) is 11.9. The van der Waals surface area contributed by atoms with Gasteiger partial charge in [-0.3, -0.25) is 10.1 Å². The van der Waals surface area contributed by atoms with Crippen LogP contribution < -0.4 is 13.3 Å². The number of fused-ring (bicyclic) bond motifs is 4. The minimum Gasteiger partial charge on any atom is -0.497 e. The molecule has 0 aliphatic carbocycles. The number of nitrogens with zero attached hydrogens (tertiary/aromatic N) is 3. The van der Waals surface area contributed by atoms with Gasteiger partial charge in [-0.15, -0.1) is 6.58 Å². The Morgan fingerprint density at radius 1 is 0.818 bits per heavy atom. The van der Waals surface area contributed by atoms with Crippen molar-refractivity contribution >= 4 is 31.4 Å². The van der Waals surface area contributed by atoms with E-state index in [9.17, 15) is 26.9 Å². The number of ether oxygens (including phenoxy) is 1. The van der Waals surface area contributed by atoms with Crippen molar-refractivity contribution in [3.05, 3.63) is 136 Å². The lowest BCUT2D eigenvalue weighted by Crippen LogP contribution is -2.66. The van der Waals surface area contributed by atoms with E-state index in [1.165, 1.54) is 61.7 Å². The molecule has 0 bridgehead atoms. The first-order chi connectivity index (χ1) is 20.9. The Bertz CT molecular complexity index is 2030. The van der Waals surface area contributed by atoms with Gasteiger partial charge < -0.3 is 4.74 Å². The molecule has 12 heteroatoms. The normalized spacial score (nSPS) is 20.8. The zero-order valence-electron chi connectivity index (χ0n) is 24.1. The lowest BCUT2D eigenvalue weighted by atomic mass is 9.71. The fourth-order valence-corrected chi connectivity index (χ4v) is 9.67. The highest BCUT2D eigenvalue weighted by atomic mass is 32.2. The molecule has 0 unspecified atom stereocenters. The number of aryl methyl sites for hydroxylation is 2. The summed E-state index contributed by atoms with van der Waals surface area (Å²) in [5, 5.41) is 13.6. The summed E-state index contributed by atoms with van der Waals surface area (Å²) in [4.78, 5) is 12.8. The second-order valence-electron chi connectivity index (χ2n) is 10.8. The van der Waals surface area contributed by atoms with E-state index < -0.39 is 42.6 Å². The summed E-state index contributed by atoms with van der Waals surface area (Å²) < 4.78 is 66.0. The molecule has 226 valence electrons. The van der Waals surface area contributed by atoms with Crippen LogP contribution in [0.3, 0.4) is 0 Å². The second kappa shape index (κ2) is 10.2. The summed E-state index contributed by atoms with van der Waals surface area (Å²) in [6.45, 7) is 7.53. The van der Waals surface area contributed by atoms with Gasteiger partial charge in [-0.1, -0.05) is 53.6 Å². The largest absolute Gasteiger partial charge is 0.497 e. The fraction of sp³-hybridized carbons (Fsp3) is 0.188. The Morgan fingerprint density at radius 3 is 1.84 bits per heavy atom. The van der Waals surface area contributed by atoms with Crippen molar-refractivity contribution in [3.8, 4) is 5.75 Å². The molecular weight excluding hydrogens is 603 g/mol. The molecule has 0 radical (unpaired) electrons. The van der Waals surface area contributed by atoms with E-state index in [0.29, 0.717) is 5.75 Å². The number of sulfonamides is 2. The first kappa shape index (κ1) is 29.4. The molecule has 0 amide bonds. The molecule has 44 heavy (non-hydrogen) atoms. The van der Waals surface area contributed by atoms with Gasteiger partial charge in [-0.2, -0.15) is 0 Å². The highest BCUT2D eigenvalue weighted by molar-refractivity contribution is 7.94. The van der Waals surface area contributed by atoms with Crippen LogP contribution in [0, 0.1) is 24.0 Å². The Hall–Kier alpha value is -4.68. The molecule has 0 saturated carbocycles. The zero-order valence-corrected chi connectivity index (χ0v) is 25.7. The van der Waals surface area contributed by atoms with Gasteiger partial charge in [0.15, 0.2) is 0 Å². The van der Waals surface area contributed by atoms with E-state index in [2.05, 4.69) is 6.58 Å². The second-order valence-corrected chi connectivity index (χ2v) is 14.5. The van der Waals surface area contributed by atoms with Crippen LogP contribution >= 0.6 is 0 Å². The van der Waals surface area contributed by atoms with Crippen molar-refractivity contribution in [1.82, 2.24) is 0 Å². The Labute approximate surface area is 256 Å². The van der Waals surface area contributed by atoms with Gasteiger partial charge in [0.25, 0.3) is 25.6 Å². The lowest BCUT2D eigenvalue weighted by molar-refractivity contribution is -0.584. The van der Waals surface area contributed by atoms with Gasteiger partial charge in [-0.05, 0) is 74.0 Å². The number of nitro groups is 1. The summed E-state index contributed by atoms with van der Waals surface area (Å²) in [5.41, 5.74) is -0.327. The van der Waals surface area contributed by atoms with Crippen LogP contribution in [-0.4, -0.2) is 35.0 Å². The molecule has 6 rings (SSSR count). The number of methoxy groups -OCH3 is 1. The maximum atomic E-state index is 14.7. The van der Waals surface area contributed by atoms with Crippen LogP contribution in [0.4, 0.5) is 11.4 Å². The standard InChI is InChI=1S/C32H29N3O7S2/c1-5-27-26-20-23(42-4)14-19-29(26)33(43(38,39)24-15-10-21(2)11-16-24)31-32(27,35(36)37)28-8-6-7-9-30(28)34(31)44(40,41)25-17-12-22(3)13-18-25/h5-20,27,31H,1H2,2-4H3/t27-,31-,32-/m0/s1. The molecule has 3 atom stereocenters. The molecule has 4 aromatic rings. The third kappa shape index (κ3) is 3.97. The molecule has 0 N–H and O–H groups in total. The Morgan fingerprint density at radius 2 is 1.34 bits per heavy atom. The van der Waals surface area contributed by atoms with Crippen molar-refractivity contribution in [3.63, 3.8) is 0 Å². The number of benzene rings is 4. The molecule has 10 nitrogen and oxygen atoms in total. The first-order valence-corrected chi connectivity index (χ1v) is 16.6. The number of anilines is 2. The zero-order chi connectivity index (χ0) is 31.6. The molecule has 0 spiro atoms. The summed E-state index contributed by atoms with van der Waals surface area (Å²) in [6, 6.07) is 22.7. The van der Waals surface area contributed by atoms with Gasteiger partial charge in [0.2, 0.25) is 6.17 Å². The predicted octanol–water partition coefficient (Wildman–Crippen LogP) is 5.50. The van der Waals surface area contributed by atoms with Crippen molar-refractivity contribution < 1.29 is 26.5 Å². The molecule has 0 aromatic heterocycles. The van der Waals surface area contributed by atoms with Crippen LogP contribution in [-0.2, 0) is 25.6 Å². The maximum absolute atomic E-state index is 14.7. The maximum Gasteiger partial charge on any atom is 0.299 e. The topological polar surface area (TPSA) is 127 Å². The summed E-state index contributed by atoms with van der Waals surface area (Å²) in [6.07, 6.45) is -0.501. The van der Waals surface area contributed by atoms with Crippen molar-refractivity contribution in [1.29, 1.82) is 0 Å². The molecule has 0 fully saturated rings. The predicted molar refractivity (Wildman–Crippen MR) is 167 cm³/mol. The first-order valence-electron chi connectivity index (χ1n) is 13.7. The number of para-hydroxylation sites is 1. The van der Waals surface area contributed by atoms with Gasteiger partial charge in [-0.25, -0.2) is 25.4 Å². The summed E-state index contributed by atoms with van der Waals surface area (Å²) in [7, 11) is -7.77. The highest BCUT2D eigenvalue weighted by Gasteiger charge is 2.73. The van der Waals surface area contributed by atoms with Gasteiger partial charge in [0.05, 0.1) is 39.8 Å².